The molecule has 2 unspecified atom stereocenters. The van der Waals surface area contributed by atoms with Crippen molar-refractivity contribution < 1.29 is 4.74 Å². The van der Waals surface area contributed by atoms with E-state index in [-0.39, 0.29) is 6.10 Å². The molecule has 0 amide bonds. The first-order valence-electron chi connectivity index (χ1n) is 9.28. The Morgan fingerprint density at radius 2 is 2.15 bits per heavy atom. The predicted octanol–water partition coefficient (Wildman–Crippen LogP) is 3.33. The van der Waals surface area contributed by atoms with Crippen LogP contribution in [0.4, 0.5) is 0 Å². The van der Waals surface area contributed by atoms with Crippen LogP contribution < -0.4 is 10.6 Å². The predicted molar refractivity (Wildman–Crippen MR) is 108 cm³/mol. The summed E-state index contributed by atoms with van der Waals surface area (Å²) in [7, 11) is 1.81. The van der Waals surface area contributed by atoms with Crippen molar-refractivity contribution in [2.24, 2.45) is 10.9 Å². The fraction of sp³-hybridized carbons (Fsp3) is 0.500. The monoisotopic (exact) mass is 372 g/mol. The van der Waals surface area contributed by atoms with Crippen molar-refractivity contribution in [3.63, 3.8) is 0 Å². The Labute approximate surface area is 159 Å². The molecule has 1 fully saturated rings. The highest BCUT2D eigenvalue weighted by atomic mass is 32.1. The Morgan fingerprint density at radius 1 is 1.31 bits per heavy atom. The zero-order valence-corrected chi connectivity index (χ0v) is 16.4. The summed E-state index contributed by atoms with van der Waals surface area (Å²) >= 11 is 1.75. The van der Waals surface area contributed by atoms with Gasteiger partial charge < -0.3 is 15.4 Å². The summed E-state index contributed by atoms with van der Waals surface area (Å²) in [4.78, 5) is 10.0. The van der Waals surface area contributed by atoms with Crippen molar-refractivity contribution in [3.8, 4) is 0 Å². The minimum absolute atomic E-state index is 0.161. The first kappa shape index (κ1) is 18.9. The van der Waals surface area contributed by atoms with Gasteiger partial charge in [0.05, 0.1) is 11.1 Å². The number of nitrogens with zero attached hydrogens (tertiary/aromatic N) is 2. The van der Waals surface area contributed by atoms with Gasteiger partial charge in [-0.2, -0.15) is 0 Å². The summed E-state index contributed by atoms with van der Waals surface area (Å²) in [5.41, 5.74) is 1.26. The third-order valence-electron chi connectivity index (χ3n) is 4.63. The van der Waals surface area contributed by atoms with E-state index in [1.54, 1.807) is 11.3 Å². The Bertz CT molecular complexity index is 701. The number of guanidine groups is 1. The number of thiazole rings is 1. The van der Waals surface area contributed by atoms with Crippen molar-refractivity contribution in [2.45, 2.75) is 32.3 Å². The molecular formula is C20H28N4OS. The van der Waals surface area contributed by atoms with Crippen LogP contribution in [0.3, 0.4) is 0 Å². The lowest BCUT2D eigenvalue weighted by Crippen LogP contribution is -2.42. The van der Waals surface area contributed by atoms with E-state index in [2.05, 4.69) is 57.9 Å². The minimum Gasteiger partial charge on any atom is -0.373 e. The van der Waals surface area contributed by atoms with Gasteiger partial charge in [-0.25, -0.2) is 4.98 Å². The van der Waals surface area contributed by atoms with Crippen molar-refractivity contribution in [3.05, 3.63) is 52.0 Å². The normalized spacial score (nSPS) is 20.8. The van der Waals surface area contributed by atoms with E-state index >= 15 is 0 Å². The average molecular weight is 373 g/mol. The molecule has 1 aliphatic heterocycles. The number of aryl methyl sites for hydroxylation is 1. The molecule has 2 N–H and O–H groups in total. The Kier molecular flexibility index (Phi) is 7.03. The molecule has 1 aromatic heterocycles. The molecule has 0 bridgehead atoms. The fourth-order valence-corrected chi connectivity index (χ4v) is 4.10. The molecule has 140 valence electrons. The number of ether oxygens (including phenoxy) is 1. The molecule has 26 heavy (non-hydrogen) atoms. The van der Waals surface area contributed by atoms with Crippen LogP contribution in [0, 0.1) is 12.8 Å². The van der Waals surface area contributed by atoms with E-state index in [9.17, 15) is 0 Å². The van der Waals surface area contributed by atoms with Crippen molar-refractivity contribution in [1.29, 1.82) is 0 Å². The van der Waals surface area contributed by atoms with E-state index in [0.29, 0.717) is 5.92 Å². The van der Waals surface area contributed by atoms with Crippen molar-refractivity contribution in [2.75, 3.05) is 26.7 Å². The minimum atomic E-state index is 0.161. The highest BCUT2D eigenvalue weighted by Gasteiger charge is 2.27. The van der Waals surface area contributed by atoms with E-state index in [1.165, 1.54) is 16.9 Å². The van der Waals surface area contributed by atoms with Gasteiger partial charge in [-0.1, -0.05) is 30.3 Å². The molecule has 0 radical (unpaired) electrons. The average Bonchev–Trinajstić information content (AvgIpc) is 3.10. The third kappa shape index (κ3) is 5.29. The Morgan fingerprint density at radius 3 is 2.88 bits per heavy atom. The highest BCUT2D eigenvalue weighted by Crippen LogP contribution is 2.32. The number of nitrogens with one attached hydrogen (secondary N) is 2. The van der Waals surface area contributed by atoms with Gasteiger partial charge in [0.15, 0.2) is 5.96 Å². The summed E-state index contributed by atoms with van der Waals surface area (Å²) in [6.45, 7) is 4.62. The number of rotatable bonds is 6. The van der Waals surface area contributed by atoms with Crippen LogP contribution in [0.5, 0.6) is 0 Å². The Hall–Kier alpha value is -1.92. The molecule has 0 aliphatic carbocycles. The van der Waals surface area contributed by atoms with Crippen molar-refractivity contribution >= 4 is 17.3 Å². The van der Waals surface area contributed by atoms with Gasteiger partial charge in [-0.05, 0) is 25.3 Å². The second kappa shape index (κ2) is 9.69. The van der Waals surface area contributed by atoms with Gasteiger partial charge in [0, 0.05) is 50.2 Å². The van der Waals surface area contributed by atoms with Gasteiger partial charge in [0.25, 0.3) is 0 Å². The van der Waals surface area contributed by atoms with Crippen LogP contribution in [0.25, 0.3) is 0 Å². The van der Waals surface area contributed by atoms with Gasteiger partial charge >= 0.3 is 0 Å². The zero-order chi connectivity index (χ0) is 18.2. The first-order valence-corrected chi connectivity index (χ1v) is 10.1. The lowest BCUT2D eigenvalue weighted by Gasteiger charge is -2.32. The zero-order valence-electron chi connectivity index (χ0n) is 15.6. The second-order valence-electron chi connectivity index (χ2n) is 6.60. The summed E-state index contributed by atoms with van der Waals surface area (Å²) < 4.78 is 6.08. The molecule has 1 aliphatic rings. The van der Waals surface area contributed by atoms with Crippen LogP contribution in [-0.2, 0) is 11.2 Å². The van der Waals surface area contributed by atoms with E-state index in [0.717, 1.165) is 43.5 Å². The van der Waals surface area contributed by atoms with Gasteiger partial charge in [0.1, 0.15) is 0 Å². The standard InChI is InChI=1S/C20H28N4OS/c1-15-13-23-18(26-15)10-11-22-20(21-2)24-14-17-9-6-12-25-19(17)16-7-4-3-5-8-16/h3-5,7-8,13,17,19H,6,9-12,14H2,1-2H3,(H2,21,22,24). The quantitative estimate of drug-likeness (QED) is 0.603. The molecule has 2 aromatic rings. The van der Waals surface area contributed by atoms with E-state index in [1.807, 2.05) is 13.2 Å². The number of benzene rings is 1. The molecule has 6 heteroatoms. The lowest BCUT2D eigenvalue weighted by atomic mass is 9.89. The largest absolute Gasteiger partial charge is 0.373 e. The van der Waals surface area contributed by atoms with E-state index in [4.69, 9.17) is 4.74 Å². The maximum absolute atomic E-state index is 6.08. The number of hydrogen-bond acceptors (Lipinski definition) is 4. The summed E-state index contributed by atoms with van der Waals surface area (Å²) in [5, 5.41) is 8.02. The van der Waals surface area contributed by atoms with Crippen LogP contribution in [-0.4, -0.2) is 37.7 Å². The smallest absolute Gasteiger partial charge is 0.191 e. The summed E-state index contributed by atoms with van der Waals surface area (Å²) in [5.74, 6) is 1.29. The highest BCUT2D eigenvalue weighted by molar-refractivity contribution is 7.11. The van der Waals surface area contributed by atoms with Gasteiger partial charge in [-0.15, -0.1) is 11.3 Å². The molecule has 0 saturated carbocycles. The molecule has 5 nitrogen and oxygen atoms in total. The molecule has 2 atom stereocenters. The van der Waals surface area contributed by atoms with Crippen LogP contribution in [0.1, 0.15) is 34.4 Å². The molecule has 0 spiro atoms. The maximum atomic E-state index is 6.08. The van der Waals surface area contributed by atoms with Crippen LogP contribution in [0.15, 0.2) is 41.5 Å². The van der Waals surface area contributed by atoms with Crippen LogP contribution in [0.2, 0.25) is 0 Å². The maximum Gasteiger partial charge on any atom is 0.191 e. The van der Waals surface area contributed by atoms with Gasteiger partial charge in [-0.3, -0.25) is 4.99 Å². The molecule has 1 saturated heterocycles. The molecule has 1 aromatic carbocycles. The summed E-state index contributed by atoms with van der Waals surface area (Å²) in [6, 6.07) is 10.5. The molecule has 2 heterocycles. The third-order valence-corrected chi connectivity index (χ3v) is 5.60. The number of aliphatic imine (C=N–C) groups is 1. The summed E-state index contributed by atoms with van der Waals surface area (Å²) in [6.07, 6.45) is 5.29. The fourth-order valence-electron chi connectivity index (χ4n) is 3.32. The molecule has 3 rings (SSSR count). The topological polar surface area (TPSA) is 58.5 Å². The Balaban J connectivity index is 1.48. The number of hydrogen-bond donors (Lipinski definition) is 2. The second-order valence-corrected chi connectivity index (χ2v) is 7.92. The SMILES string of the molecule is CN=C(NCCc1ncc(C)s1)NCC1CCCOC1c1ccccc1. The molecular weight excluding hydrogens is 344 g/mol. The first-order chi connectivity index (χ1) is 12.8. The van der Waals surface area contributed by atoms with E-state index < -0.39 is 0 Å². The van der Waals surface area contributed by atoms with Gasteiger partial charge in [0.2, 0.25) is 0 Å². The van der Waals surface area contributed by atoms with Crippen molar-refractivity contribution in [1.82, 2.24) is 15.6 Å². The number of aromatic nitrogens is 1. The lowest BCUT2D eigenvalue weighted by molar-refractivity contribution is -0.0265. The van der Waals surface area contributed by atoms with Crippen LogP contribution >= 0.6 is 11.3 Å².